The molecule has 0 bridgehead atoms. The maximum absolute atomic E-state index is 12.7. The Bertz CT molecular complexity index is 868. The van der Waals surface area contributed by atoms with E-state index in [1.165, 1.54) is 6.08 Å². The molecule has 2 amide bonds. The molecule has 1 heterocycles. The van der Waals surface area contributed by atoms with E-state index < -0.39 is 0 Å². The first-order valence-electron chi connectivity index (χ1n) is 9.07. The van der Waals surface area contributed by atoms with Crippen LogP contribution in [0.4, 0.5) is 5.69 Å². The standard InChI is InChI=1S/C22H24N2O3/c1-16-5-3-6-18(15-16)9-10-21(25)23-20-8-4-7-19(17(20)2)22(26)24-11-13-27-14-12-24/h3-10,15H,11-14H2,1-2H3,(H,23,25)/b10-9+. The molecule has 1 saturated heterocycles. The third-order valence-electron chi connectivity index (χ3n) is 4.59. The van der Waals surface area contributed by atoms with Crippen molar-refractivity contribution in [3.8, 4) is 0 Å². The number of carbonyl (C=O) groups excluding carboxylic acids is 2. The van der Waals surface area contributed by atoms with E-state index in [4.69, 9.17) is 4.74 Å². The lowest BCUT2D eigenvalue weighted by molar-refractivity contribution is -0.111. The Morgan fingerprint density at radius 3 is 2.56 bits per heavy atom. The van der Waals surface area contributed by atoms with Crippen LogP contribution >= 0.6 is 0 Å². The predicted octanol–water partition coefficient (Wildman–Crippen LogP) is 3.43. The topological polar surface area (TPSA) is 58.6 Å². The van der Waals surface area contributed by atoms with Crippen LogP contribution in [0.15, 0.2) is 48.5 Å². The van der Waals surface area contributed by atoms with Crippen molar-refractivity contribution in [2.24, 2.45) is 0 Å². The van der Waals surface area contributed by atoms with Gasteiger partial charge in [-0.25, -0.2) is 0 Å². The number of carbonyl (C=O) groups is 2. The van der Waals surface area contributed by atoms with Gasteiger partial charge in [0.2, 0.25) is 5.91 Å². The number of ether oxygens (including phenoxy) is 1. The molecule has 2 aromatic carbocycles. The van der Waals surface area contributed by atoms with E-state index >= 15 is 0 Å². The summed E-state index contributed by atoms with van der Waals surface area (Å²) in [5, 5.41) is 2.87. The van der Waals surface area contributed by atoms with E-state index in [1.807, 2.05) is 44.2 Å². The van der Waals surface area contributed by atoms with Gasteiger partial charge in [0.05, 0.1) is 13.2 Å². The van der Waals surface area contributed by atoms with Gasteiger partial charge in [0.25, 0.3) is 5.91 Å². The number of amides is 2. The van der Waals surface area contributed by atoms with Crippen LogP contribution < -0.4 is 5.32 Å². The number of nitrogens with one attached hydrogen (secondary N) is 1. The predicted molar refractivity (Wildman–Crippen MR) is 107 cm³/mol. The van der Waals surface area contributed by atoms with Gasteiger partial charge in [0.15, 0.2) is 0 Å². The number of anilines is 1. The Labute approximate surface area is 159 Å². The molecule has 2 aromatic rings. The minimum atomic E-state index is -0.226. The van der Waals surface area contributed by atoms with Gasteiger partial charge in [-0.3, -0.25) is 9.59 Å². The van der Waals surface area contributed by atoms with Crippen LogP contribution in [0.3, 0.4) is 0 Å². The molecule has 3 rings (SSSR count). The second-order valence-electron chi connectivity index (χ2n) is 6.62. The van der Waals surface area contributed by atoms with Gasteiger partial charge < -0.3 is 15.0 Å². The fraction of sp³-hybridized carbons (Fsp3) is 0.273. The summed E-state index contributed by atoms with van der Waals surface area (Å²) in [6.45, 7) is 6.17. The molecule has 1 aliphatic heterocycles. The molecule has 0 aromatic heterocycles. The zero-order valence-corrected chi connectivity index (χ0v) is 15.7. The van der Waals surface area contributed by atoms with E-state index in [0.717, 1.165) is 16.7 Å². The van der Waals surface area contributed by atoms with Gasteiger partial charge >= 0.3 is 0 Å². The lowest BCUT2D eigenvalue weighted by atomic mass is 10.0. The largest absolute Gasteiger partial charge is 0.378 e. The Hall–Kier alpha value is -2.92. The SMILES string of the molecule is Cc1cccc(/C=C/C(=O)Nc2cccc(C(=O)N3CCOCC3)c2C)c1. The molecule has 0 spiro atoms. The third-order valence-corrected chi connectivity index (χ3v) is 4.59. The average molecular weight is 364 g/mol. The molecule has 0 unspecified atom stereocenters. The van der Waals surface area contributed by atoms with Crippen LogP contribution in [0.2, 0.25) is 0 Å². The summed E-state index contributed by atoms with van der Waals surface area (Å²) >= 11 is 0. The fourth-order valence-corrected chi connectivity index (χ4v) is 3.06. The van der Waals surface area contributed by atoms with E-state index in [0.29, 0.717) is 37.6 Å². The van der Waals surface area contributed by atoms with Crippen molar-refractivity contribution >= 4 is 23.6 Å². The smallest absolute Gasteiger partial charge is 0.254 e. The summed E-state index contributed by atoms with van der Waals surface area (Å²) in [7, 11) is 0. The lowest BCUT2D eigenvalue weighted by Gasteiger charge is -2.27. The molecular formula is C22H24N2O3. The molecular weight excluding hydrogens is 340 g/mol. The van der Waals surface area contributed by atoms with Gasteiger partial charge in [-0.1, -0.05) is 35.9 Å². The molecule has 5 heteroatoms. The molecule has 5 nitrogen and oxygen atoms in total. The minimum absolute atomic E-state index is 0.0257. The highest BCUT2D eigenvalue weighted by Gasteiger charge is 2.21. The van der Waals surface area contributed by atoms with Gasteiger partial charge in [0, 0.05) is 30.4 Å². The summed E-state index contributed by atoms with van der Waals surface area (Å²) in [5.41, 5.74) is 4.14. The van der Waals surface area contributed by atoms with E-state index in [-0.39, 0.29) is 11.8 Å². The van der Waals surface area contributed by atoms with Crippen LogP contribution in [0, 0.1) is 13.8 Å². The molecule has 1 N–H and O–H groups in total. The van der Waals surface area contributed by atoms with Gasteiger partial charge in [-0.2, -0.15) is 0 Å². The molecule has 0 aliphatic carbocycles. The van der Waals surface area contributed by atoms with E-state index in [2.05, 4.69) is 5.32 Å². The first-order chi connectivity index (χ1) is 13.0. The van der Waals surface area contributed by atoms with Crippen LogP contribution in [-0.4, -0.2) is 43.0 Å². The highest BCUT2D eigenvalue weighted by molar-refractivity contribution is 6.04. The highest BCUT2D eigenvalue weighted by Crippen LogP contribution is 2.21. The molecule has 0 atom stereocenters. The second kappa shape index (κ2) is 8.64. The summed E-state index contributed by atoms with van der Waals surface area (Å²) in [6, 6.07) is 13.3. The number of benzene rings is 2. The zero-order chi connectivity index (χ0) is 19.2. The first kappa shape index (κ1) is 18.9. The quantitative estimate of drug-likeness (QED) is 0.846. The maximum atomic E-state index is 12.7. The molecule has 1 aliphatic rings. The Morgan fingerprint density at radius 1 is 1.07 bits per heavy atom. The van der Waals surface area contributed by atoms with E-state index in [9.17, 15) is 9.59 Å². The van der Waals surface area contributed by atoms with Crippen molar-refractivity contribution in [3.05, 3.63) is 70.8 Å². The number of hydrogen-bond donors (Lipinski definition) is 1. The Morgan fingerprint density at radius 2 is 1.81 bits per heavy atom. The summed E-state index contributed by atoms with van der Waals surface area (Å²) in [5.74, 6) is -0.252. The molecule has 0 saturated carbocycles. The third kappa shape index (κ3) is 4.83. The molecule has 27 heavy (non-hydrogen) atoms. The highest BCUT2D eigenvalue weighted by atomic mass is 16.5. The molecule has 140 valence electrons. The summed E-state index contributed by atoms with van der Waals surface area (Å²) in [6.07, 6.45) is 3.28. The van der Waals surface area contributed by atoms with Crippen molar-refractivity contribution in [1.29, 1.82) is 0 Å². The van der Waals surface area contributed by atoms with Gasteiger partial charge in [-0.15, -0.1) is 0 Å². The van der Waals surface area contributed by atoms with Crippen LogP contribution in [0.5, 0.6) is 0 Å². The zero-order valence-electron chi connectivity index (χ0n) is 15.7. The first-order valence-corrected chi connectivity index (χ1v) is 9.07. The normalized spacial score (nSPS) is 14.4. The number of rotatable bonds is 4. The molecule has 0 radical (unpaired) electrons. The average Bonchev–Trinajstić information content (AvgIpc) is 2.68. The van der Waals surface area contributed by atoms with E-state index in [1.54, 1.807) is 23.1 Å². The maximum Gasteiger partial charge on any atom is 0.254 e. The second-order valence-corrected chi connectivity index (χ2v) is 6.62. The van der Waals surface area contributed by atoms with Crippen molar-refractivity contribution in [2.45, 2.75) is 13.8 Å². The summed E-state index contributed by atoms with van der Waals surface area (Å²) in [4.78, 5) is 26.8. The van der Waals surface area contributed by atoms with Crippen molar-refractivity contribution in [2.75, 3.05) is 31.6 Å². The van der Waals surface area contributed by atoms with Gasteiger partial charge in [0.1, 0.15) is 0 Å². The van der Waals surface area contributed by atoms with Gasteiger partial charge in [-0.05, 0) is 43.2 Å². The number of hydrogen-bond acceptors (Lipinski definition) is 3. The van der Waals surface area contributed by atoms with Crippen LogP contribution in [0.1, 0.15) is 27.0 Å². The monoisotopic (exact) mass is 364 g/mol. The Kier molecular flexibility index (Phi) is 6.04. The van der Waals surface area contributed by atoms with Crippen molar-refractivity contribution in [1.82, 2.24) is 4.90 Å². The number of nitrogens with zero attached hydrogens (tertiary/aromatic N) is 1. The van der Waals surface area contributed by atoms with Crippen LogP contribution in [-0.2, 0) is 9.53 Å². The Balaban J connectivity index is 1.71. The van der Waals surface area contributed by atoms with Crippen LogP contribution in [0.25, 0.3) is 6.08 Å². The molecule has 1 fully saturated rings. The number of morpholine rings is 1. The number of aryl methyl sites for hydroxylation is 1. The summed E-state index contributed by atoms with van der Waals surface area (Å²) < 4.78 is 5.30. The van der Waals surface area contributed by atoms with Crippen molar-refractivity contribution in [3.63, 3.8) is 0 Å². The lowest BCUT2D eigenvalue weighted by Crippen LogP contribution is -2.41. The van der Waals surface area contributed by atoms with Crippen molar-refractivity contribution < 1.29 is 14.3 Å². The fourth-order valence-electron chi connectivity index (χ4n) is 3.06. The minimum Gasteiger partial charge on any atom is -0.378 e.